The molecule has 0 unspecified atom stereocenters. The number of esters is 1. The van der Waals surface area contributed by atoms with Gasteiger partial charge in [-0.15, -0.1) is 0 Å². The number of carbonyl (C=O) groups is 2. The summed E-state index contributed by atoms with van der Waals surface area (Å²) in [7, 11) is 0. The molecule has 0 aromatic carbocycles. The van der Waals surface area contributed by atoms with Gasteiger partial charge >= 0.3 is 11.9 Å². The van der Waals surface area contributed by atoms with Crippen LogP contribution in [0.4, 0.5) is 0 Å². The topological polar surface area (TPSA) is 76.7 Å². The van der Waals surface area contributed by atoms with Gasteiger partial charge in [0.25, 0.3) is 0 Å². The SMILES string of the molecule is CC(=O)OCc1cc(C(=O)O)co1. The van der Waals surface area contributed by atoms with Gasteiger partial charge in [0.15, 0.2) is 0 Å². The molecule has 1 aromatic heterocycles. The minimum atomic E-state index is -1.07. The number of hydrogen-bond acceptors (Lipinski definition) is 4. The maximum Gasteiger partial charge on any atom is 0.338 e. The molecule has 0 aliphatic heterocycles. The van der Waals surface area contributed by atoms with Crippen LogP contribution in [-0.4, -0.2) is 17.0 Å². The molecule has 0 saturated carbocycles. The van der Waals surface area contributed by atoms with Crippen molar-refractivity contribution in [3.8, 4) is 0 Å². The number of carboxylic acid groups (broad SMARTS) is 1. The van der Waals surface area contributed by atoms with Crippen LogP contribution >= 0.6 is 0 Å². The highest BCUT2D eigenvalue weighted by Crippen LogP contribution is 2.08. The van der Waals surface area contributed by atoms with Crippen LogP contribution in [0.1, 0.15) is 23.0 Å². The van der Waals surface area contributed by atoms with Crippen molar-refractivity contribution in [3.63, 3.8) is 0 Å². The van der Waals surface area contributed by atoms with Gasteiger partial charge in [0.1, 0.15) is 18.6 Å². The van der Waals surface area contributed by atoms with Crippen molar-refractivity contribution in [2.45, 2.75) is 13.5 Å². The number of ether oxygens (including phenoxy) is 1. The van der Waals surface area contributed by atoms with E-state index < -0.39 is 11.9 Å². The molecule has 5 nitrogen and oxygen atoms in total. The molecule has 1 heterocycles. The Morgan fingerprint density at radius 3 is 2.77 bits per heavy atom. The third-order valence-corrected chi connectivity index (χ3v) is 1.32. The van der Waals surface area contributed by atoms with Gasteiger partial charge in [-0.25, -0.2) is 4.79 Å². The number of furan rings is 1. The number of carbonyl (C=O) groups excluding carboxylic acids is 1. The molecular weight excluding hydrogens is 176 g/mol. The lowest BCUT2D eigenvalue weighted by Crippen LogP contribution is -1.97. The lowest BCUT2D eigenvalue weighted by atomic mass is 10.3. The van der Waals surface area contributed by atoms with Crippen molar-refractivity contribution in [1.29, 1.82) is 0 Å². The Labute approximate surface area is 73.9 Å². The number of rotatable bonds is 3. The molecule has 1 aromatic rings. The van der Waals surface area contributed by atoms with Crippen molar-refractivity contribution in [2.75, 3.05) is 0 Å². The average Bonchev–Trinajstić information content (AvgIpc) is 2.48. The van der Waals surface area contributed by atoms with Crippen LogP contribution in [0.25, 0.3) is 0 Å². The van der Waals surface area contributed by atoms with E-state index >= 15 is 0 Å². The van der Waals surface area contributed by atoms with Crippen LogP contribution < -0.4 is 0 Å². The molecule has 0 bridgehead atoms. The Balaban J connectivity index is 2.59. The zero-order valence-corrected chi connectivity index (χ0v) is 6.94. The molecule has 0 aliphatic carbocycles. The first-order chi connectivity index (χ1) is 6.09. The minimum Gasteiger partial charge on any atom is -0.478 e. The normalized spacial score (nSPS) is 9.62. The third-order valence-electron chi connectivity index (χ3n) is 1.32. The van der Waals surface area contributed by atoms with E-state index in [1.165, 1.54) is 13.0 Å². The van der Waals surface area contributed by atoms with Crippen molar-refractivity contribution >= 4 is 11.9 Å². The number of carboxylic acids is 1. The van der Waals surface area contributed by atoms with E-state index in [0.29, 0.717) is 5.76 Å². The molecular formula is C8H8O5. The summed E-state index contributed by atoms with van der Waals surface area (Å²) in [6, 6.07) is 1.31. The standard InChI is InChI=1S/C8H8O5/c1-5(9)12-4-7-2-6(3-13-7)8(10)11/h2-3H,4H2,1H3,(H,10,11). The van der Waals surface area contributed by atoms with Crippen molar-refractivity contribution < 1.29 is 23.8 Å². The molecule has 13 heavy (non-hydrogen) atoms. The Morgan fingerprint density at radius 1 is 1.62 bits per heavy atom. The quantitative estimate of drug-likeness (QED) is 0.710. The summed E-state index contributed by atoms with van der Waals surface area (Å²) in [5.41, 5.74) is 0.0437. The monoisotopic (exact) mass is 184 g/mol. The molecule has 0 fully saturated rings. The highest BCUT2D eigenvalue weighted by atomic mass is 16.5. The molecule has 0 radical (unpaired) electrons. The summed E-state index contributed by atoms with van der Waals surface area (Å²) >= 11 is 0. The molecule has 0 saturated heterocycles. The lowest BCUT2D eigenvalue weighted by Gasteiger charge is -1.95. The van der Waals surface area contributed by atoms with Gasteiger partial charge in [0.05, 0.1) is 5.56 Å². The van der Waals surface area contributed by atoms with Gasteiger partial charge < -0.3 is 14.3 Å². The number of aromatic carboxylic acids is 1. The summed E-state index contributed by atoms with van der Waals surface area (Å²) in [6.07, 6.45) is 1.10. The lowest BCUT2D eigenvalue weighted by molar-refractivity contribution is -0.142. The highest BCUT2D eigenvalue weighted by molar-refractivity contribution is 5.87. The van der Waals surface area contributed by atoms with E-state index in [9.17, 15) is 9.59 Å². The molecule has 0 atom stereocenters. The average molecular weight is 184 g/mol. The first-order valence-electron chi connectivity index (χ1n) is 3.53. The second-order valence-electron chi connectivity index (χ2n) is 2.39. The fourth-order valence-corrected chi connectivity index (χ4v) is 0.741. The molecule has 5 heteroatoms. The second kappa shape index (κ2) is 3.75. The zero-order chi connectivity index (χ0) is 9.84. The van der Waals surface area contributed by atoms with Gasteiger partial charge in [-0.3, -0.25) is 4.79 Å². The summed E-state index contributed by atoms with van der Waals surface area (Å²) in [5.74, 6) is -1.20. The molecule has 0 spiro atoms. The third kappa shape index (κ3) is 2.62. The van der Waals surface area contributed by atoms with Crippen LogP contribution in [0.2, 0.25) is 0 Å². The van der Waals surface area contributed by atoms with Gasteiger partial charge in [-0.1, -0.05) is 0 Å². The Morgan fingerprint density at radius 2 is 2.31 bits per heavy atom. The van der Waals surface area contributed by atoms with Crippen molar-refractivity contribution in [1.82, 2.24) is 0 Å². The van der Waals surface area contributed by atoms with Crippen LogP contribution in [0, 0.1) is 0 Å². The zero-order valence-electron chi connectivity index (χ0n) is 6.94. The first-order valence-corrected chi connectivity index (χ1v) is 3.53. The summed E-state index contributed by atoms with van der Waals surface area (Å²) in [5, 5.41) is 8.51. The van der Waals surface area contributed by atoms with E-state index in [-0.39, 0.29) is 12.2 Å². The van der Waals surface area contributed by atoms with Crippen molar-refractivity contribution in [3.05, 3.63) is 23.7 Å². The van der Waals surface area contributed by atoms with E-state index in [1.807, 2.05) is 0 Å². The van der Waals surface area contributed by atoms with Gasteiger partial charge in [0, 0.05) is 6.92 Å². The maximum atomic E-state index is 10.4. The summed E-state index contributed by atoms with van der Waals surface area (Å²) < 4.78 is 9.41. The molecule has 70 valence electrons. The summed E-state index contributed by atoms with van der Waals surface area (Å²) in [6.45, 7) is 1.23. The van der Waals surface area contributed by atoms with E-state index in [0.717, 1.165) is 6.26 Å². The van der Waals surface area contributed by atoms with Gasteiger partial charge in [-0.2, -0.15) is 0 Å². The molecule has 1 rings (SSSR count). The van der Waals surface area contributed by atoms with E-state index in [4.69, 9.17) is 9.52 Å². The predicted octanol–water partition coefficient (Wildman–Crippen LogP) is 1.04. The molecule has 0 aliphatic rings. The van der Waals surface area contributed by atoms with Gasteiger partial charge in [-0.05, 0) is 6.07 Å². The van der Waals surface area contributed by atoms with Crippen LogP contribution in [0.3, 0.4) is 0 Å². The van der Waals surface area contributed by atoms with Crippen LogP contribution in [0.15, 0.2) is 16.7 Å². The fraction of sp³-hybridized carbons (Fsp3) is 0.250. The maximum absolute atomic E-state index is 10.4. The highest BCUT2D eigenvalue weighted by Gasteiger charge is 2.08. The van der Waals surface area contributed by atoms with Crippen molar-refractivity contribution in [2.24, 2.45) is 0 Å². The Bertz CT molecular complexity index is 325. The van der Waals surface area contributed by atoms with Gasteiger partial charge in [0.2, 0.25) is 0 Å². The number of hydrogen-bond donors (Lipinski definition) is 1. The van der Waals surface area contributed by atoms with Crippen LogP contribution in [-0.2, 0) is 16.1 Å². The van der Waals surface area contributed by atoms with Crippen LogP contribution in [0.5, 0.6) is 0 Å². The molecule has 1 N–H and O–H groups in total. The Hall–Kier alpha value is -1.78. The van der Waals surface area contributed by atoms with E-state index in [2.05, 4.69) is 4.74 Å². The second-order valence-corrected chi connectivity index (χ2v) is 2.39. The summed E-state index contributed by atoms with van der Waals surface area (Å²) in [4.78, 5) is 20.8. The largest absolute Gasteiger partial charge is 0.478 e. The molecule has 0 amide bonds. The smallest absolute Gasteiger partial charge is 0.338 e. The predicted molar refractivity (Wildman–Crippen MR) is 41.1 cm³/mol. The first kappa shape index (κ1) is 9.31. The fourth-order valence-electron chi connectivity index (χ4n) is 0.741. The minimum absolute atomic E-state index is 0.0391. The Kier molecular flexibility index (Phi) is 2.69. The van der Waals surface area contributed by atoms with E-state index in [1.54, 1.807) is 0 Å².